The van der Waals surface area contributed by atoms with Gasteiger partial charge in [0, 0.05) is 17.0 Å². The van der Waals surface area contributed by atoms with Crippen LogP contribution in [0.5, 0.6) is 5.75 Å². The average Bonchev–Trinajstić information content (AvgIpc) is 2.26. The zero-order chi connectivity index (χ0) is 11.3. The van der Waals surface area contributed by atoms with Gasteiger partial charge in [0.25, 0.3) is 0 Å². The van der Waals surface area contributed by atoms with Crippen LogP contribution in [-0.2, 0) is 0 Å². The van der Waals surface area contributed by atoms with Gasteiger partial charge in [-0.05, 0) is 24.3 Å². The largest absolute Gasteiger partial charge is 0.488 e. The van der Waals surface area contributed by atoms with E-state index < -0.39 is 0 Å². The van der Waals surface area contributed by atoms with Crippen LogP contribution in [0.2, 0.25) is 0 Å². The van der Waals surface area contributed by atoms with Crippen molar-refractivity contribution in [2.24, 2.45) is 0 Å². The minimum atomic E-state index is 0.128. The lowest BCUT2D eigenvalue weighted by molar-refractivity contribution is 0.0988. The van der Waals surface area contributed by atoms with E-state index in [1.165, 1.54) is 0 Å². The predicted octanol–water partition coefficient (Wildman–Crippen LogP) is 3.41. The van der Waals surface area contributed by atoms with Gasteiger partial charge in [-0.3, -0.25) is 4.79 Å². The van der Waals surface area contributed by atoms with E-state index >= 15 is 0 Å². The first-order chi connectivity index (χ1) is 7.13. The van der Waals surface area contributed by atoms with E-state index in [0.29, 0.717) is 22.8 Å². The summed E-state index contributed by atoms with van der Waals surface area (Å²) in [4.78, 5) is 11.3. The fraction of sp³-hybridized carbons (Fsp3) is 0.250. The molecule has 0 radical (unpaired) electrons. The molecule has 0 aromatic heterocycles. The van der Waals surface area contributed by atoms with Crippen LogP contribution in [0.15, 0.2) is 35.9 Å². The van der Waals surface area contributed by atoms with Crippen LogP contribution in [0.4, 0.5) is 0 Å². The molecule has 1 rings (SSSR count). The second kappa shape index (κ2) is 5.56. The summed E-state index contributed by atoms with van der Waals surface area (Å²) in [6.45, 7) is 5.63. The van der Waals surface area contributed by atoms with Crippen LogP contribution in [-0.4, -0.2) is 12.4 Å². The molecule has 3 heteroatoms. The molecule has 0 N–H and O–H groups in total. The smallest absolute Gasteiger partial charge is 0.162 e. The van der Waals surface area contributed by atoms with Gasteiger partial charge < -0.3 is 4.74 Å². The maximum atomic E-state index is 11.3. The molecule has 0 fully saturated rings. The fourth-order valence-corrected chi connectivity index (χ4v) is 1.16. The molecule has 0 saturated carbocycles. The molecule has 0 aliphatic carbocycles. The first kappa shape index (κ1) is 11.8. The van der Waals surface area contributed by atoms with Gasteiger partial charge in [-0.25, -0.2) is 0 Å². The highest BCUT2D eigenvalue weighted by atomic mass is 35.5. The Morgan fingerprint density at radius 2 is 2.00 bits per heavy atom. The number of carbonyl (C=O) groups excluding carboxylic acids is 1. The molecule has 1 aromatic rings. The van der Waals surface area contributed by atoms with Crippen LogP contribution in [0.1, 0.15) is 23.7 Å². The molecular formula is C12H13ClO2. The number of hydrogen-bond acceptors (Lipinski definition) is 2. The monoisotopic (exact) mass is 224 g/mol. The Balaban J connectivity index is 2.64. The van der Waals surface area contributed by atoms with Gasteiger partial charge in [0.2, 0.25) is 0 Å². The highest BCUT2D eigenvalue weighted by molar-refractivity contribution is 6.29. The van der Waals surface area contributed by atoms with E-state index in [1.807, 2.05) is 6.92 Å². The van der Waals surface area contributed by atoms with Crippen LogP contribution in [0, 0.1) is 0 Å². The van der Waals surface area contributed by atoms with Crippen molar-refractivity contribution in [3.63, 3.8) is 0 Å². The number of benzene rings is 1. The van der Waals surface area contributed by atoms with E-state index in [2.05, 4.69) is 6.58 Å². The average molecular weight is 225 g/mol. The van der Waals surface area contributed by atoms with E-state index in [-0.39, 0.29) is 12.4 Å². The van der Waals surface area contributed by atoms with Crippen molar-refractivity contribution < 1.29 is 9.53 Å². The van der Waals surface area contributed by atoms with Gasteiger partial charge in [0.05, 0.1) is 0 Å². The van der Waals surface area contributed by atoms with E-state index in [9.17, 15) is 4.79 Å². The van der Waals surface area contributed by atoms with Crippen LogP contribution < -0.4 is 4.74 Å². The minimum absolute atomic E-state index is 0.128. The van der Waals surface area contributed by atoms with Gasteiger partial charge in [0.1, 0.15) is 12.4 Å². The lowest BCUT2D eigenvalue weighted by Crippen LogP contribution is -1.98. The highest BCUT2D eigenvalue weighted by Crippen LogP contribution is 2.14. The summed E-state index contributed by atoms with van der Waals surface area (Å²) in [7, 11) is 0. The van der Waals surface area contributed by atoms with Gasteiger partial charge >= 0.3 is 0 Å². The summed E-state index contributed by atoms with van der Waals surface area (Å²) < 4.78 is 5.29. The molecule has 0 spiro atoms. The summed E-state index contributed by atoms with van der Waals surface area (Å²) in [5.41, 5.74) is 0.703. The molecule has 0 atom stereocenters. The number of Topliss-reactive ketones (excluding diaryl/α,β-unsaturated/α-hetero) is 1. The van der Waals surface area contributed by atoms with Crippen molar-refractivity contribution in [1.29, 1.82) is 0 Å². The Morgan fingerprint density at radius 3 is 2.47 bits per heavy atom. The standard InChI is InChI=1S/C12H13ClO2/c1-3-12(14)10-4-6-11(7-5-10)15-8-9(2)13/h4-7H,2-3,8H2,1H3. The lowest BCUT2D eigenvalue weighted by atomic mass is 10.1. The third kappa shape index (κ3) is 3.76. The summed E-state index contributed by atoms with van der Waals surface area (Å²) in [6.07, 6.45) is 0.513. The number of rotatable bonds is 5. The highest BCUT2D eigenvalue weighted by Gasteiger charge is 2.02. The van der Waals surface area contributed by atoms with Crippen molar-refractivity contribution in [3.05, 3.63) is 41.4 Å². The summed E-state index contributed by atoms with van der Waals surface area (Å²) in [6, 6.07) is 7.00. The molecule has 0 bridgehead atoms. The molecule has 0 aliphatic rings. The minimum Gasteiger partial charge on any atom is -0.488 e. The Labute approximate surface area is 94.5 Å². The molecule has 0 aliphatic heterocycles. The maximum absolute atomic E-state index is 11.3. The van der Waals surface area contributed by atoms with Crippen molar-refractivity contribution in [2.75, 3.05) is 6.61 Å². The van der Waals surface area contributed by atoms with Crippen molar-refractivity contribution in [2.45, 2.75) is 13.3 Å². The number of carbonyl (C=O) groups is 1. The molecule has 0 unspecified atom stereocenters. The Hall–Kier alpha value is -1.28. The summed E-state index contributed by atoms with van der Waals surface area (Å²) in [5.74, 6) is 0.813. The predicted molar refractivity (Wildman–Crippen MR) is 61.6 cm³/mol. The zero-order valence-corrected chi connectivity index (χ0v) is 9.38. The molecule has 2 nitrogen and oxygen atoms in total. The molecular weight excluding hydrogens is 212 g/mol. The second-order valence-corrected chi connectivity index (χ2v) is 3.64. The number of hydrogen-bond donors (Lipinski definition) is 0. The Morgan fingerprint density at radius 1 is 1.40 bits per heavy atom. The first-order valence-corrected chi connectivity index (χ1v) is 5.10. The molecule has 0 amide bonds. The molecule has 15 heavy (non-hydrogen) atoms. The molecule has 0 heterocycles. The SMILES string of the molecule is C=C(Cl)COc1ccc(C(=O)CC)cc1. The van der Waals surface area contributed by atoms with E-state index in [0.717, 1.165) is 0 Å². The number of ketones is 1. The fourth-order valence-electron chi connectivity index (χ4n) is 1.10. The van der Waals surface area contributed by atoms with Gasteiger partial charge in [-0.1, -0.05) is 25.1 Å². The second-order valence-electron chi connectivity index (χ2n) is 3.11. The Kier molecular flexibility index (Phi) is 4.37. The Bertz CT molecular complexity index is 354. The van der Waals surface area contributed by atoms with Gasteiger partial charge in [0.15, 0.2) is 5.78 Å². The lowest BCUT2D eigenvalue weighted by Gasteiger charge is -2.05. The van der Waals surface area contributed by atoms with Crippen molar-refractivity contribution in [3.8, 4) is 5.75 Å². The third-order valence-electron chi connectivity index (χ3n) is 1.89. The quantitative estimate of drug-likeness (QED) is 0.717. The summed E-state index contributed by atoms with van der Waals surface area (Å²) in [5, 5.41) is 0.448. The van der Waals surface area contributed by atoms with Crippen LogP contribution in [0.3, 0.4) is 0 Å². The molecule has 0 saturated heterocycles. The topological polar surface area (TPSA) is 26.3 Å². The normalized spacial score (nSPS) is 9.73. The number of ether oxygens (including phenoxy) is 1. The molecule has 1 aromatic carbocycles. The van der Waals surface area contributed by atoms with Crippen molar-refractivity contribution >= 4 is 17.4 Å². The van der Waals surface area contributed by atoms with Crippen LogP contribution >= 0.6 is 11.6 Å². The van der Waals surface area contributed by atoms with Gasteiger partial charge in [-0.2, -0.15) is 0 Å². The van der Waals surface area contributed by atoms with E-state index in [1.54, 1.807) is 24.3 Å². The molecule has 80 valence electrons. The number of halogens is 1. The first-order valence-electron chi connectivity index (χ1n) is 4.73. The van der Waals surface area contributed by atoms with Crippen LogP contribution in [0.25, 0.3) is 0 Å². The summed E-state index contributed by atoms with van der Waals surface area (Å²) >= 11 is 5.56. The maximum Gasteiger partial charge on any atom is 0.162 e. The van der Waals surface area contributed by atoms with E-state index in [4.69, 9.17) is 16.3 Å². The zero-order valence-electron chi connectivity index (χ0n) is 8.63. The van der Waals surface area contributed by atoms with Gasteiger partial charge in [-0.15, -0.1) is 0 Å². The third-order valence-corrected chi connectivity index (χ3v) is 2.00. The van der Waals surface area contributed by atoms with Crippen molar-refractivity contribution in [1.82, 2.24) is 0 Å².